The molecule has 1 amide bonds. The first-order chi connectivity index (χ1) is 9.26. The third-order valence-electron chi connectivity index (χ3n) is 2.45. The number of alkyl carbamates (subject to hydrolysis) is 1. The molecule has 20 heavy (non-hydrogen) atoms. The molecule has 0 bridgehead atoms. The number of carbonyl (C=O) groups is 1. The number of hydrogen-bond donors (Lipinski definition) is 2. The third kappa shape index (κ3) is 4.70. The van der Waals surface area contributed by atoms with Gasteiger partial charge in [-0.05, 0) is 38.5 Å². The largest absolute Gasteiger partial charge is 0.494 e. The van der Waals surface area contributed by atoms with Crippen LogP contribution in [0.5, 0.6) is 5.75 Å². The predicted molar refractivity (Wildman–Crippen MR) is 72.1 cm³/mol. The van der Waals surface area contributed by atoms with Crippen molar-refractivity contribution >= 4 is 6.09 Å². The van der Waals surface area contributed by atoms with Crippen LogP contribution in [0.15, 0.2) is 18.2 Å². The van der Waals surface area contributed by atoms with E-state index in [2.05, 4.69) is 5.32 Å². The van der Waals surface area contributed by atoms with Crippen LogP contribution in [-0.4, -0.2) is 30.5 Å². The number of methoxy groups -OCH3 is 1. The molecule has 1 aromatic carbocycles. The van der Waals surface area contributed by atoms with E-state index in [-0.39, 0.29) is 12.4 Å². The van der Waals surface area contributed by atoms with Crippen LogP contribution in [0.2, 0.25) is 0 Å². The van der Waals surface area contributed by atoms with Gasteiger partial charge in [-0.2, -0.15) is 0 Å². The number of halogens is 1. The monoisotopic (exact) mass is 285 g/mol. The highest BCUT2D eigenvalue weighted by molar-refractivity contribution is 5.68. The Hall–Kier alpha value is -1.82. The van der Waals surface area contributed by atoms with Crippen molar-refractivity contribution in [1.82, 2.24) is 5.32 Å². The number of carbonyl (C=O) groups excluding carboxylic acids is 1. The molecule has 1 rings (SSSR count). The lowest BCUT2D eigenvalue weighted by Crippen LogP contribution is -2.36. The highest BCUT2D eigenvalue weighted by Gasteiger charge is 2.20. The van der Waals surface area contributed by atoms with E-state index in [9.17, 15) is 14.3 Å². The Morgan fingerprint density at radius 1 is 1.45 bits per heavy atom. The van der Waals surface area contributed by atoms with Crippen molar-refractivity contribution in [3.05, 3.63) is 29.6 Å². The summed E-state index contributed by atoms with van der Waals surface area (Å²) in [7, 11) is 1.36. The SMILES string of the molecule is COc1ccc([C@@H](CO)NC(=O)OC(C)(C)C)cc1F. The lowest BCUT2D eigenvalue weighted by atomic mass is 10.1. The molecule has 0 fully saturated rings. The molecule has 112 valence electrons. The summed E-state index contributed by atoms with van der Waals surface area (Å²) in [5.41, 5.74) is -0.216. The van der Waals surface area contributed by atoms with E-state index < -0.39 is 23.6 Å². The Morgan fingerprint density at radius 3 is 2.55 bits per heavy atom. The summed E-state index contributed by atoms with van der Waals surface area (Å²) < 4.78 is 23.5. The molecule has 5 nitrogen and oxygen atoms in total. The molecule has 0 aliphatic heterocycles. The normalized spacial score (nSPS) is 12.7. The van der Waals surface area contributed by atoms with Gasteiger partial charge in [0, 0.05) is 0 Å². The van der Waals surface area contributed by atoms with Crippen LogP contribution < -0.4 is 10.1 Å². The van der Waals surface area contributed by atoms with E-state index in [4.69, 9.17) is 9.47 Å². The Morgan fingerprint density at radius 2 is 2.10 bits per heavy atom. The molecule has 2 N–H and O–H groups in total. The topological polar surface area (TPSA) is 67.8 Å². The molecule has 0 saturated carbocycles. The van der Waals surface area contributed by atoms with Crippen LogP contribution in [0.25, 0.3) is 0 Å². The molecular formula is C14H20FNO4. The second-order valence-electron chi connectivity index (χ2n) is 5.28. The quantitative estimate of drug-likeness (QED) is 0.891. The Labute approximate surface area is 117 Å². The number of rotatable bonds is 4. The van der Waals surface area contributed by atoms with Crippen LogP contribution in [0.1, 0.15) is 32.4 Å². The molecule has 1 atom stereocenters. The predicted octanol–water partition coefficient (Wildman–Crippen LogP) is 2.39. The van der Waals surface area contributed by atoms with Gasteiger partial charge in [0.1, 0.15) is 5.60 Å². The van der Waals surface area contributed by atoms with Crippen LogP contribution in [0, 0.1) is 5.82 Å². The first kappa shape index (κ1) is 16.2. The Bertz CT molecular complexity index is 471. The molecule has 0 saturated heterocycles. The van der Waals surface area contributed by atoms with Crippen LogP contribution in [0.4, 0.5) is 9.18 Å². The van der Waals surface area contributed by atoms with Gasteiger partial charge in [0.05, 0.1) is 19.8 Å². The van der Waals surface area contributed by atoms with Gasteiger partial charge in [-0.3, -0.25) is 0 Å². The van der Waals surface area contributed by atoms with Gasteiger partial charge in [-0.25, -0.2) is 9.18 Å². The lowest BCUT2D eigenvalue weighted by Gasteiger charge is -2.23. The summed E-state index contributed by atoms with van der Waals surface area (Å²) in [5, 5.41) is 11.8. The van der Waals surface area contributed by atoms with Crippen LogP contribution in [-0.2, 0) is 4.74 Å². The fourth-order valence-corrected chi connectivity index (χ4v) is 1.58. The first-order valence-electron chi connectivity index (χ1n) is 6.20. The molecule has 1 aromatic rings. The van der Waals surface area contributed by atoms with Crippen LogP contribution >= 0.6 is 0 Å². The minimum absolute atomic E-state index is 0.0997. The molecule has 0 aliphatic carbocycles. The summed E-state index contributed by atoms with van der Waals surface area (Å²) >= 11 is 0. The summed E-state index contributed by atoms with van der Waals surface area (Å²) in [6, 6.07) is 3.46. The molecule has 0 heterocycles. The first-order valence-corrected chi connectivity index (χ1v) is 6.20. The smallest absolute Gasteiger partial charge is 0.408 e. The maximum atomic E-state index is 13.6. The zero-order chi connectivity index (χ0) is 15.3. The van der Waals surface area contributed by atoms with Crippen molar-refractivity contribution in [2.45, 2.75) is 32.4 Å². The average Bonchev–Trinajstić information content (AvgIpc) is 2.33. The van der Waals surface area contributed by atoms with E-state index in [0.29, 0.717) is 5.56 Å². The number of amides is 1. The summed E-state index contributed by atoms with van der Waals surface area (Å²) in [5.74, 6) is -0.461. The average molecular weight is 285 g/mol. The number of nitrogens with one attached hydrogen (secondary N) is 1. The van der Waals surface area contributed by atoms with E-state index in [1.54, 1.807) is 26.8 Å². The van der Waals surface area contributed by atoms with Crippen LogP contribution in [0.3, 0.4) is 0 Å². The zero-order valence-corrected chi connectivity index (χ0v) is 12.1. The molecule has 0 aromatic heterocycles. The van der Waals surface area contributed by atoms with Gasteiger partial charge in [0.2, 0.25) is 0 Å². The number of aliphatic hydroxyl groups excluding tert-OH is 1. The van der Waals surface area contributed by atoms with Crippen molar-refractivity contribution in [2.75, 3.05) is 13.7 Å². The van der Waals surface area contributed by atoms with Gasteiger partial charge in [-0.1, -0.05) is 6.07 Å². The summed E-state index contributed by atoms with van der Waals surface area (Å²) in [6.07, 6.45) is -0.673. The summed E-state index contributed by atoms with van der Waals surface area (Å²) in [4.78, 5) is 11.6. The standard InChI is InChI=1S/C14H20FNO4/c1-14(2,3)20-13(18)16-11(8-17)9-5-6-12(19-4)10(15)7-9/h5-7,11,17H,8H2,1-4H3,(H,16,18)/t11-/m1/s1. The van der Waals surface area contributed by atoms with Gasteiger partial charge in [-0.15, -0.1) is 0 Å². The fraction of sp³-hybridized carbons (Fsp3) is 0.500. The van der Waals surface area contributed by atoms with E-state index in [1.165, 1.54) is 19.2 Å². The molecular weight excluding hydrogens is 265 g/mol. The molecule has 6 heteroatoms. The third-order valence-corrected chi connectivity index (χ3v) is 2.45. The van der Waals surface area contributed by atoms with E-state index in [0.717, 1.165) is 0 Å². The Kier molecular flexibility index (Phi) is 5.33. The molecule has 0 aliphatic rings. The fourth-order valence-electron chi connectivity index (χ4n) is 1.58. The van der Waals surface area contributed by atoms with E-state index in [1.807, 2.05) is 0 Å². The molecule has 0 unspecified atom stereocenters. The molecule has 0 spiro atoms. The second kappa shape index (κ2) is 6.56. The summed E-state index contributed by atoms with van der Waals surface area (Å²) in [6.45, 7) is 4.82. The van der Waals surface area contributed by atoms with Gasteiger partial charge >= 0.3 is 6.09 Å². The van der Waals surface area contributed by atoms with Crippen molar-refractivity contribution in [1.29, 1.82) is 0 Å². The lowest BCUT2D eigenvalue weighted by molar-refractivity contribution is 0.0481. The van der Waals surface area contributed by atoms with Gasteiger partial charge < -0.3 is 19.9 Å². The van der Waals surface area contributed by atoms with Gasteiger partial charge in [0.15, 0.2) is 11.6 Å². The van der Waals surface area contributed by atoms with Crippen molar-refractivity contribution in [3.8, 4) is 5.75 Å². The number of ether oxygens (including phenoxy) is 2. The van der Waals surface area contributed by atoms with E-state index >= 15 is 0 Å². The Balaban J connectivity index is 2.81. The number of benzene rings is 1. The van der Waals surface area contributed by atoms with Gasteiger partial charge in [0.25, 0.3) is 0 Å². The van der Waals surface area contributed by atoms with Crippen molar-refractivity contribution in [2.24, 2.45) is 0 Å². The maximum Gasteiger partial charge on any atom is 0.408 e. The highest BCUT2D eigenvalue weighted by atomic mass is 19.1. The molecule has 0 radical (unpaired) electrons. The minimum Gasteiger partial charge on any atom is -0.494 e. The second-order valence-corrected chi connectivity index (χ2v) is 5.28. The van der Waals surface area contributed by atoms with Crippen molar-refractivity contribution < 1.29 is 23.8 Å². The number of aliphatic hydroxyl groups is 1. The van der Waals surface area contributed by atoms with Crippen molar-refractivity contribution in [3.63, 3.8) is 0 Å². The highest BCUT2D eigenvalue weighted by Crippen LogP contribution is 2.22. The number of hydrogen-bond acceptors (Lipinski definition) is 4. The minimum atomic E-state index is -0.745. The zero-order valence-electron chi connectivity index (χ0n) is 12.1. The maximum absolute atomic E-state index is 13.6.